The largest absolute Gasteiger partial charge is 0.464 e. The fraction of sp³-hybridized carbons (Fsp3) is 0.615. The fourth-order valence-electron chi connectivity index (χ4n) is 1.55. The Morgan fingerprint density at radius 1 is 1.39 bits per heavy atom. The molecule has 0 amide bonds. The van der Waals surface area contributed by atoms with Gasteiger partial charge in [0.15, 0.2) is 5.69 Å². The Morgan fingerprint density at radius 2 is 2.17 bits per heavy atom. The van der Waals surface area contributed by atoms with Crippen LogP contribution in [0.3, 0.4) is 0 Å². The van der Waals surface area contributed by atoms with Gasteiger partial charge in [0.2, 0.25) is 0 Å². The SMILES string of the molecule is COC(=O)c1cncc(NCCCCC(C)C)n1. The number of carbonyl (C=O) groups is 1. The summed E-state index contributed by atoms with van der Waals surface area (Å²) in [7, 11) is 1.33. The van der Waals surface area contributed by atoms with Crippen molar-refractivity contribution in [3.05, 3.63) is 18.1 Å². The summed E-state index contributed by atoms with van der Waals surface area (Å²) in [5.74, 6) is 0.890. The Morgan fingerprint density at radius 3 is 2.83 bits per heavy atom. The molecule has 18 heavy (non-hydrogen) atoms. The molecule has 1 heterocycles. The van der Waals surface area contributed by atoms with Crippen molar-refractivity contribution in [2.45, 2.75) is 33.1 Å². The number of hydrogen-bond donors (Lipinski definition) is 1. The Bertz CT molecular complexity index is 380. The van der Waals surface area contributed by atoms with E-state index in [4.69, 9.17) is 0 Å². The van der Waals surface area contributed by atoms with Crippen molar-refractivity contribution in [2.75, 3.05) is 19.0 Å². The van der Waals surface area contributed by atoms with E-state index in [9.17, 15) is 4.79 Å². The van der Waals surface area contributed by atoms with E-state index in [1.165, 1.54) is 26.1 Å². The van der Waals surface area contributed by atoms with Crippen LogP contribution in [0.2, 0.25) is 0 Å². The average Bonchev–Trinajstić information content (AvgIpc) is 2.37. The van der Waals surface area contributed by atoms with Crippen LogP contribution in [0.4, 0.5) is 5.82 Å². The first-order valence-electron chi connectivity index (χ1n) is 6.27. The number of unbranched alkanes of at least 4 members (excludes halogenated alkanes) is 1. The first kappa shape index (κ1) is 14.4. The molecular formula is C13H21N3O2. The van der Waals surface area contributed by atoms with Gasteiger partial charge in [-0.15, -0.1) is 0 Å². The summed E-state index contributed by atoms with van der Waals surface area (Å²) in [4.78, 5) is 19.3. The molecular weight excluding hydrogens is 230 g/mol. The highest BCUT2D eigenvalue weighted by Crippen LogP contribution is 2.07. The van der Waals surface area contributed by atoms with Crippen LogP contribution >= 0.6 is 0 Å². The number of ether oxygens (including phenoxy) is 1. The van der Waals surface area contributed by atoms with E-state index in [0.29, 0.717) is 5.82 Å². The standard InChI is InChI=1S/C13H21N3O2/c1-10(2)6-4-5-7-15-12-9-14-8-11(16-12)13(17)18-3/h8-10H,4-7H2,1-3H3,(H,15,16). The minimum Gasteiger partial charge on any atom is -0.464 e. The molecule has 0 fully saturated rings. The number of esters is 1. The van der Waals surface area contributed by atoms with Crippen molar-refractivity contribution in [3.63, 3.8) is 0 Å². The van der Waals surface area contributed by atoms with Gasteiger partial charge in [0.25, 0.3) is 0 Å². The molecule has 0 bridgehead atoms. The van der Waals surface area contributed by atoms with Crippen molar-refractivity contribution < 1.29 is 9.53 Å². The van der Waals surface area contributed by atoms with Gasteiger partial charge in [0, 0.05) is 6.54 Å². The average molecular weight is 251 g/mol. The second-order valence-electron chi connectivity index (χ2n) is 4.60. The summed E-state index contributed by atoms with van der Waals surface area (Å²) in [5, 5.41) is 3.16. The van der Waals surface area contributed by atoms with Crippen LogP contribution in [-0.2, 0) is 4.74 Å². The molecule has 0 saturated heterocycles. The highest BCUT2D eigenvalue weighted by atomic mass is 16.5. The molecule has 0 saturated carbocycles. The van der Waals surface area contributed by atoms with Gasteiger partial charge in [-0.25, -0.2) is 9.78 Å². The third-order valence-electron chi connectivity index (χ3n) is 2.54. The summed E-state index contributed by atoms with van der Waals surface area (Å²) in [6.07, 6.45) is 6.51. The maximum atomic E-state index is 11.3. The second-order valence-corrected chi connectivity index (χ2v) is 4.60. The lowest BCUT2D eigenvalue weighted by Gasteiger charge is -2.07. The van der Waals surface area contributed by atoms with E-state index in [1.54, 1.807) is 6.20 Å². The molecule has 5 heteroatoms. The summed E-state index contributed by atoms with van der Waals surface area (Å²) in [6.45, 7) is 5.28. The molecule has 1 rings (SSSR count). The number of carbonyl (C=O) groups excluding carboxylic acids is 1. The zero-order chi connectivity index (χ0) is 13.4. The Hall–Kier alpha value is -1.65. The number of hydrogen-bond acceptors (Lipinski definition) is 5. The van der Waals surface area contributed by atoms with E-state index in [2.05, 4.69) is 33.9 Å². The normalized spacial score (nSPS) is 10.4. The number of methoxy groups -OCH3 is 1. The maximum Gasteiger partial charge on any atom is 0.358 e. The fourth-order valence-corrected chi connectivity index (χ4v) is 1.55. The summed E-state index contributed by atoms with van der Waals surface area (Å²) in [6, 6.07) is 0. The topological polar surface area (TPSA) is 64.1 Å². The predicted octanol–water partition coefficient (Wildman–Crippen LogP) is 2.50. The molecule has 0 aromatic carbocycles. The summed E-state index contributed by atoms with van der Waals surface area (Å²) in [5.41, 5.74) is 0.227. The lowest BCUT2D eigenvalue weighted by atomic mass is 10.1. The molecule has 1 aromatic heterocycles. The Kier molecular flexibility index (Phi) is 6.11. The maximum absolute atomic E-state index is 11.3. The van der Waals surface area contributed by atoms with Crippen molar-refractivity contribution in [1.29, 1.82) is 0 Å². The quantitative estimate of drug-likeness (QED) is 0.596. The smallest absolute Gasteiger partial charge is 0.358 e. The molecule has 100 valence electrons. The monoisotopic (exact) mass is 251 g/mol. The Labute approximate surface area is 108 Å². The third-order valence-corrected chi connectivity index (χ3v) is 2.54. The Balaban J connectivity index is 2.36. The van der Waals surface area contributed by atoms with Gasteiger partial charge in [-0.3, -0.25) is 4.98 Å². The molecule has 0 radical (unpaired) electrons. The molecule has 5 nitrogen and oxygen atoms in total. The van der Waals surface area contributed by atoms with E-state index >= 15 is 0 Å². The van der Waals surface area contributed by atoms with E-state index in [0.717, 1.165) is 18.9 Å². The van der Waals surface area contributed by atoms with Gasteiger partial charge in [0.1, 0.15) is 5.82 Å². The minimum absolute atomic E-state index is 0.227. The summed E-state index contributed by atoms with van der Waals surface area (Å²) < 4.78 is 4.59. The summed E-state index contributed by atoms with van der Waals surface area (Å²) >= 11 is 0. The molecule has 0 aliphatic heterocycles. The zero-order valence-electron chi connectivity index (χ0n) is 11.3. The van der Waals surface area contributed by atoms with Crippen molar-refractivity contribution >= 4 is 11.8 Å². The van der Waals surface area contributed by atoms with Gasteiger partial charge < -0.3 is 10.1 Å². The lowest BCUT2D eigenvalue weighted by molar-refractivity contribution is 0.0593. The van der Waals surface area contributed by atoms with E-state index < -0.39 is 5.97 Å². The molecule has 0 spiro atoms. The van der Waals surface area contributed by atoms with Crippen LogP contribution in [0.15, 0.2) is 12.4 Å². The van der Waals surface area contributed by atoms with Crippen molar-refractivity contribution in [2.24, 2.45) is 5.92 Å². The minimum atomic E-state index is -0.467. The molecule has 1 aromatic rings. The predicted molar refractivity (Wildman–Crippen MR) is 70.6 cm³/mol. The second kappa shape index (κ2) is 7.63. The first-order chi connectivity index (χ1) is 8.63. The zero-order valence-corrected chi connectivity index (χ0v) is 11.3. The highest BCUT2D eigenvalue weighted by Gasteiger charge is 2.07. The van der Waals surface area contributed by atoms with Gasteiger partial charge in [0.05, 0.1) is 19.5 Å². The number of anilines is 1. The van der Waals surface area contributed by atoms with Crippen LogP contribution in [0.1, 0.15) is 43.6 Å². The highest BCUT2D eigenvalue weighted by molar-refractivity contribution is 5.87. The lowest BCUT2D eigenvalue weighted by Crippen LogP contribution is -2.09. The molecule has 0 unspecified atom stereocenters. The number of nitrogens with zero attached hydrogens (tertiary/aromatic N) is 2. The van der Waals surface area contributed by atoms with Gasteiger partial charge in [-0.05, 0) is 12.3 Å². The van der Waals surface area contributed by atoms with Crippen molar-refractivity contribution in [1.82, 2.24) is 9.97 Å². The van der Waals surface area contributed by atoms with Crippen LogP contribution in [0.25, 0.3) is 0 Å². The van der Waals surface area contributed by atoms with Crippen LogP contribution < -0.4 is 5.32 Å². The van der Waals surface area contributed by atoms with Gasteiger partial charge >= 0.3 is 5.97 Å². The number of aromatic nitrogens is 2. The molecule has 0 aliphatic rings. The van der Waals surface area contributed by atoms with Crippen molar-refractivity contribution in [3.8, 4) is 0 Å². The van der Waals surface area contributed by atoms with E-state index in [1.807, 2.05) is 0 Å². The number of nitrogens with one attached hydrogen (secondary N) is 1. The van der Waals surface area contributed by atoms with Crippen LogP contribution in [-0.4, -0.2) is 29.6 Å². The van der Waals surface area contributed by atoms with Gasteiger partial charge in [-0.1, -0.05) is 26.7 Å². The third kappa shape index (κ3) is 5.12. The molecule has 0 atom stereocenters. The van der Waals surface area contributed by atoms with Crippen LogP contribution in [0, 0.1) is 5.92 Å². The van der Waals surface area contributed by atoms with E-state index in [-0.39, 0.29) is 5.69 Å². The first-order valence-corrected chi connectivity index (χ1v) is 6.27. The van der Waals surface area contributed by atoms with Gasteiger partial charge in [-0.2, -0.15) is 0 Å². The number of rotatable bonds is 7. The van der Waals surface area contributed by atoms with Crippen LogP contribution in [0.5, 0.6) is 0 Å². The molecule has 1 N–H and O–H groups in total. The molecule has 0 aliphatic carbocycles.